The third-order valence-electron chi connectivity index (χ3n) is 11.5. The zero-order valence-corrected chi connectivity index (χ0v) is 32.3. The highest BCUT2D eigenvalue weighted by atomic mass is 32.1. The third kappa shape index (κ3) is 4.47. The number of thiophene rings is 2. The molecule has 0 radical (unpaired) electrons. The first-order chi connectivity index (χ1) is 27.6. The van der Waals surface area contributed by atoms with Gasteiger partial charge in [0.25, 0.3) is 0 Å². The number of carbonyl (C=O) groups is 2. The molecule has 4 aliphatic carbocycles. The number of rotatable bonds is 2. The van der Waals surface area contributed by atoms with Crippen LogP contribution in [0.25, 0.3) is 44.2 Å². The molecule has 0 unspecified atom stereocenters. The molecule has 2 heterocycles. The summed E-state index contributed by atoms with van der Waals surface area (Å²) < 4.78 is 68.3. The molecule has 278 valence electrons. The van der Waals surface area contributed by atoms with Crippen LogP contribution in [0.3, 0.4) is 0 Å². The average Bonchev–Trinajstić information content (AvgIpc) is 3.98. The Balaban J connectivity index is 1.22. The number of allylic oxidation sites excluding steroid dienone is 6. The molecule has 0 aliphatic heterocycles. The number of nitrogens with zero attached hydrogens (tertiary/aromatic N) is 4. The topological polar surface area (TPSA) is 129 Å². The number of carbonyl (C=O) groups excluding carboxylic acids is 2. The van der Waals surface area contributed by atoms with E-state index in [2.05, 4.69) is 0 Å². The largest absolute Gasteiger partial charge is 0.289 e. The molecule has 9 rings (SSSR count). The Kier molecular flexibility index (Phi) is 7.76. The van der Waals surface area contributed by atoms with Crippen molar-refractivity contribution in [3.8, 4) is 45.2 Å². The van der Waals surface area contributed by atoms with Crippen molar-refractivity contribution in [1.29, 1.82) is 21.0 Å². The maximum atomic E-state index is 17.4. The second-order valence-electron chi connectivity index (χ2n) is 15.2. The van der Waals surface area contributed by atoms with Crippen LogP contribution in [-0.2, 0) is 10.8 Å². The molecule has 58 heavy (non-hydrogen) atoms. The van der Waals surface area contributed by atoms with E-state index in [1.54, 1.807) is 64.1 Å². The molecule has 0 amide bonds. The fraction of sp³-hybridized carbons (Fsp3) is 0.130. The molecule has 0 fully saturated rings. The number of hydrogen-bond acceptors (Lipinski definition) is 8. The molecule has 12 heteroatoms. The molecule has 0 bridgehead atoms. The van der Waals surface area contributed by atoms with E-state index in [4.69, 9.17) is 0 Å². The highest BCUT2D eigenvalue weighted by molar-refractivity contribution is 7.17. The lowest BCUT2D eigenvalue weighted by atomic mass is 9.78. The molecule has 0 saturated heterocycles. The monoisotopic (exact) mass is 802 g/mol. The van der Waals surface area contributed by atoms with Crippen LogP contribution < -0.4 is 0 Å². The first-order valence-electron chi connectivity index (χ1n) is 17.7. The molecule has 0 N–H and O–H groups in total. The second-order valence-corrected chi connectivity index (χ2v) is 17.3. The summed E-state index contributed by atoms with van der Waals surface area (Å²) in [4.78, 5) is 27.2. The van der Waals surface area contributed by atoms with Crippen molar-refractivity contribution in [3.05, 3.63) is 148 Å². The van der Waals surface area contributed by atoms with E-state index < -0.39 is 45.7 Å². The fourth-order valence-electron chi connectivity index (χ4n) is 9.01. The fourth-order valence-corrected chi connectivity index (χ4v) is 11.7. The SMILES string of the molecule is CC1(C)c2c(sc(C=C3C(=O)c4ccccc4C3=C(C#N)C#N)c2F)-c2c(F)c3c(c(F)c21)-c1sc(C=C2C(=O)c4ccccc4C2=C(C#N)C#N)c(F)c1C3(C)C. The lowest BCUT2D eigenvalue weighted by Gasteiger charge is -2.26. The predicted molar refractivity (Wildman–Crippen MR) is 211 cm³/mol. The summed E-state index contributed by atoms with van der Waals surface area (Å²) in [6, 6.07) is 20.1. The van der Waals surface area contributed by atoms with Crippen molar-refractivity contribution in [2.45, 2.75) is 38.5 Å². The van der Waals surface area contributed by atoms with Gasteiger partial charge in [-0.1, -0.05) is 76.2 Å². The zero-order valence-electron chi connectivity index (χ0n) is 30.7. The van der Waals surface area contributed by atoms with Crippen molar-refractivity contribution in [1.82, 2.24) is 0 Å². The first kappa shape index (κ1) is 36.7. The Morgan fingerprint density at radius 2 is 0.862 bits per heavy atom. The van der Waals surface area contributed by atoms with Crippen LogP contribution in [0.2, 0.25) is 0 Å². The summed E-state index contributed by atoms with van der Waals surface area (Å²) in [7, 11) is 0. The number of fused-ring (bicyclic) bond motifs is 8. The second kappa shape index (κ2) is 12.3. The van der Waals surface area contributed by atoms with Crippen molar-refractivity contribution >= 4 is 57.5 Å². The summed E-state index contributed by atoms with van der Waals surface area (Å²) in [5, 5.41) is 39.0. The Hall–Kier alpha value is -6.96. The van der Waals surface area contributed by atoms with E-state index in [0.29, 0.717) is 11.1 Å². The van der Waals surface area contributed by atoms with Crippen LogP contribution in [0.5, 0.6) is 0 Å². The van der Waals surface area contributed by atoms with Gasteiger partial charge in [0.1, 0.15) is 58.7 Å². The number of nitriles is 4. The summed E-state index contributed by atoms with van der Waals surface area (Å²) in [5.41, 5.74) is -3.07. The summed E-state index contributed by atoms with van der Waals surface area (Å²) >= 11 is 1.62. The summed E-state index contributed by atoms with van der Waals surface area (Å²) in [6.07, 6.45) is 2.50. The van der Waals surface area contributed by atoms with Crippen LogP contribution in [0.15, 0.2) is 70.8 Å². The first-order valence-corrected chi connectivity index (χ1v) is 19.3. The molecule has 2 aromatic heterocycles. The number of hydrogen-bond donors (Lipinski definition) is 0. The van der Waals surface area contributed by atoms with Gasteiger partial charge in [0.05, 0.1) is 9.75 Å². The summed E-state index contributed by atoms with van der Waals surface area (Å²) in [6.45, 7) is 6.21. The standard InChI is InChI=1S/C46H22F4N4O2S2/c1-45(2)33-31(43-35(45)37(47)27(57-43)13-25-29(19(15-51)16-52)21-9-5-7-11-23(21)41(25)55)40(50)34-32(39(33)49)44-36(46(34,3)4)38(48)28(58-44)14-26-30(20(17-53)18-54)22-10-6-8-12-24(22)42(26)56/h5-14H,1-4H3. The molecular weight excluding hydrogens is 781 g/mol. The van der Waals surface area contributed by atoms with E-state index in [1.165, 1.54) is 24.3 Å². The maximum Gasteiger partial charge on any atom is 0.194 e. The van der Waals surface area contributed by atoms with Gasteiger partial charge in [0, 0.05) is 87.4 Å². The molecule has 4 aliphatic rings. The average molecular weight is 803 g/mol. The maximum absolute atomic E-state index is 17.4. The van der Waals surface area contributed by atoms with E-state index in [9.17, 15) is 30.6 Å². The lowest BCUT2D eigenvalue weighted by molar-refractivity contribution is 0.103. The van der Waals surface area contributed by atoms with E-state index >= 15 is 17.6 Å². The van der Waals surface area contributed by atoms with Crippen molar-refractivity contribution in [2.75, 3.05) is 0 Å². The molecular formula is C46H22F4N4O2S2. The van der Waals surface area contributed by atoms with Gasteiger partial charge in [-0.3, -0.25) is 9.59 Å². The normalized spacial score (nSPS) is 17.2. The highest BCUT2D eigenvalue weighted by Gasteiger charge is 2.52. The van der Waals surface area contributed by atoms with Crippen LogP contribution >= 0.6 is 22.7 Å². The molecule has 6 nitrogen and oxygen atoms in total. The van der Waals surface area contributed by atoms with Crippen molar-refractivity contribution in [3.63, 3.8) is 0 Å². The van der Waals surface area contributed by atoms with Crippen LogP contribution in [0.1, 0.15) is 91.5 Å². The van der Waals surface area contributed by atoms with E-state index in [-0.39, 0.29) is 97.5 Å². The Morgan fingerprint density at radius 3 is 1.19 bits per heavy atom. The van der Waals surface area contributed by atoms with E-state index in [0.717, 1.165) is 22.7 Å². The zero-order chi connectivity index (χ0) is 41.3. The predicted octanol–water partition coefficient (Wildman–Crippen LogP) is 11.1. The lowest BCUT2D eigenvalue weighted by Crippen LogP contribution is -2.22. The molecule has 0 saturated carbocycles. The molecule has 3 aromatic carbocycles. The number of halogens is 4. The van der Waals surface area contributed by atoms with Crippen LogP contribution in [0, 0.1) is 68.6 Å². The van der Waals surface area contributed by atoms with Gasteiger partial charge >= 0.3 is 0 Å². The minimum Gasteiger partial charge on any atom is -0.289 e. The molecule has 0 spiro atoms. The van der Waals surface area contributed by atoms with Crippen LogP contribution in [-0.4, -0.2) is 11.6 Å². The van der Waals surface area contributed by atoms with Gasteiger partial charge in [-0.2, -0.15) is 21.0 Å². The molecule has 0 atom stereocenters. The van der Waals surface area contributed by atoms with Crippen molar-refractivity contribution in [2.24, 2.45) is 0 Å². The number of ketones is 2. The number of benzene rings is 3. The minimum absolute atomic E-state index is 0.000309. The summed E-state index contributed by atoms with van der Waals surface area (Å²) in [5.74, 6) is -4.39. The quantitative estimate of drug-likeness (QED) is 0.0992. The van der Waals surface area contributed by atoms with Gasteiger partial charge in [0.2, 0.25) is 0 Å². The number of Topliss-reactive ketones (excluding diaryl/α,β-unsaturated/α-hetero) is 2. The minimum atomic E-state index is -1.46. The Bertz CT molecular complexity index is 2950. The van der Waals surface area contributed by atoms with Gasteiger partial charge in [-0.05, 0) is 23.3 Å². The van der Waals surface area contributed by atoms with Gasteiger partial charge < -0.3 is 0 Å². The van der Waals surface area contributed by atoms with Gasteiger partial charge in [-0.25, -0.2) is 17.6 Å². The van der Waals surface area contributed by atoms with Gasteiger partial charge in [-0.15, -0.1) is 22.7 Å². The highest BCUT2D eigenvalue weighted by Crippen LogP contribution is 2.63. The Labute approximate surface area is 336 Å². The van der Waals surface area contributed by atoms with Crippen LogP contribution in [0.4, 0.5) is 17.6 Å². The smallest absolute Gasteiger partial charge is 0.194 e. The van der Waals surface area contributed by atoms with Gasteiger partial charge in [0.15, 0.2) is 11.6 Å². The molecule has 5 aromatic rings. The van der Waals surface area contributed by atoms with Crippen molar-refractivity contribution < 1.29 is 27.2 Å². The van der Waals surface area contributed by atoms with E-state index in [1.807, 2.05) is 24.3 Å². The third-order valence-corrected chi connectivity index (χ3v) is 13.7. The Morgan fingerprint density at radius 1 is 0.534 bits per heavy atom.